The van der Waals surface area contributed by atoms with Crippen molar-refractivity contribution in [1.29, 1.82) is 0 Å². The molecule has 0 aliphatic heterocycles. The third kappa shape index (κ3) is 3.02. The molecule has 6 nitrogen and oxygen atoms in total. The van der Waals surface area contributed by atoms with Crippen molar-refractivity contribution in [3.63, 3.8) is 0 Å². The first-order valence-electron chi connectivity index (χ1n) is 9.36. The maximum atomic E-state index is 13.2. The van der Waals surface area contributed by atoms with Gasteiger partial charge in [0.25, 0.3) is 5.56 Å². The molecule has 0 bridgehead atoms. The number of ketones is 1. The molecule has 0 saturated heterocycles. The van der Waals surface area contributed by atoms with Gasteiger partial charge in [-0.2, -0.15) is 5.10 Å². The SMILES string of the molecule is CCCCNCCNc1ccc2c(=O)[nH]nc3c2c1C(=O)c1ccccc1-3. The van der Waals surface area contributed by atoms with Gasteiger partial charge in [0, 0.05) is 35.3 Å². The average molecular weight is 362 g/mol. The van der Waals surface area contributed by atoms with Crippen molar-refractivity contribution in [2.75, 3.05) is 25.0 Å². The Morgan fingerprint density at radius 3 is 2.63 bits per heavy atom. The van der Waals surface area contributed by atoms with E-state index in [1.165, 1.54) is 0 Å². The van der Waals surface area contributed by atoms with Crippen LogP contribution < -0.4 is 16.2 Å². The molecule has 3 N–H and O–H groups in total. The van der Waals surface area contributed by atoms with Crippen LogP contribution in [0, 0.1) is 0 Å². The number of benzene rings is 2. The van der Waals surface area contributed by atoms with Gasteiger partial charge in [-0.25, -0.2) is 5.10 Å². The molecule has 4 rings (SSSR count). The number of anilines is 1. The Bertz CT molecular complexity index is 1070. The normalized spacial score (nSPS) is 12.3. The van der Waals surface area contributed by atoms with Crippen molar-refractivity contribution < 1.29 is 4.79 Å². The molecule has 3 aromatic rings. The molecule has 0 unspecified atom stereocenters. The van der Waals surface area contributed by atoms with Crippen molar-refractivity contribution in [2.24, 2.45) is 0 Å². The lowest BCUT2D eigenvalue weighted by Gasteiger charge is -2.21. The fourth-order valence-corrected chi connectivity index (χ4v) is 3.57. The molecule has 1 heterocycles. The summed E-state index contributed by atoms with van der Waals surface area (Å²) in [5, 5.41) is 14.7. The Morgan fingerprint density at radius 2 is 1.81 bits per heavy atom. The molecular weight excluding hydrogens is 340 g/mol. The first kappa shape index (κ1) is 17.4. The van der Waals surface area contributed by atoms with Gasteiger partial charge in [0.2, 0.25) is 0 Å². The van der Waals surface area contributed by atoms with Gasteiger partial charge in [-0.1, -0.05) is 37.6 Å². The first-order chi connectivity index (χ1) is 13.2. The van der Waals surface area contributed by atoms with E-state index in [9.17, 15) is 9.59 Å². The lowest BCUT2D eigenvalue weighted by atomic mass is 9.85. The number of rotatable bonds is 7. The van der Waals surface area contributed by atoms with Crippen LogP contribution in [-0.4, -0.2) is 35.6 Å². The topological polar surface area (TPSA) is 86.9 Å². The number of unbranched alkanes of at least 4 members (excludes halogenated alkanes) is 1. The summed E-state index contributed by atoms with van der Waals surface area (Å²) in [5.41, 5.74) is 3.02. The van der Waals surface area contributed by atoms with Crippen LogP contribution in [0.2, 0.25) is 0 Å². The molecule has 27 heavy (non-hydrogen) atoms. The van der Waals surface area contributed by atoms with E-state index in [1.54, 1.807) is 6.07 Å². The minimum atomic E-state index is -0.282. The van der Waals surface area contributed by atoms with Crippen LogP contribution in [0.25, 0.3) is 22.0 Å². The summed E-state index contributed by atoms with van der Waals surface area (Å²) in [6.07, 6.45) is 2.31. The highest BCUT2D eigenvalue weighted by Crippen LogP contribution is 2.39. The molecular formula is C21H22N4O2. The third-order valence-electron chi connectivity index (χ3n) is 4.93. The van der Waals surface area contributed by atoms with Crippen molar-refractivity contribution in [1.82, 2.24) is 15.5 Å². The lowest BCUT2D eigenvalue weighted by Crippen LogP contribution is -2.24. The molecule has 1 aromatic heterocycles. The average Bonchev–Trinajstić information content (AvgIpc) is 2.70. The Kier molecular flexibility index (Phi) is 4.73. The minimum Gasteiger partial charge on any atom is -0.383 e. The molecule has 0 amide bonds. The summed E-state index contributed by atoms with van der Waals surface area (Å²) in [4.78, 5) is 25.5. The molecule has 0 spiro atoms. The van der Waals surface area contributed by atoms with Crippen LogP contribution in [0.5, 0.6) is 0 Å². The highest BCUT2D eigenvalue weighted by molar-refractivity contribution is 6.27. The molecule has 0 fully saturated rings. The monoisotopic (exact) mass is 362 g/mol. The molecule has 0 radical (unpaired) electrons. The molecule has 0 atom stereocenters. The summed E-state index contributed by atoms with van der Waals surface area (Å²) < 4.78 is 0. The Morgan fingerprint density at radius 1 is 1.00 bits per heavy atom. The second kappa shape index (κ2) is 7.32. The first-order valence-corrected chi connectivity index (χ1v) is 9.36. The number of hydrogen-bond acceptors (Lipinski definition) is 5. The van der Waals surface area contributed by atoms with E-state index in [1.807, 2.05) is 30.3 Å². The zero-order valence-corrected chi connectivity index (χ0v) is 15.3. The van der Waals surface area contributed by atoms with Gasteiger partial charge >= 0.3 is 0 Å². The number of carbonyl (C=O) groups excluding carboxylic acids is 1. The van der Waals surface area contributed by atoms with Crippen LogP contribution in [-0.2, 0) is 0 Å². The number of H-pyrrole nitrogens is 1. The number of carbonyl (C=O) groups is 1. The number of aromatic nitrogens is 2. The number of aromatic amines is 1. The van der Waals surface area contributed by atoms with Gasteiger partial charge in [-0.05, 0) is 25.1 Å². The van der Waals surface area contributed by atoms with E-state index in [-0.39, 0.29) is 11.3 Å². The molecule has 1 aliphatic carbocycles. The van der Waals surface area contributed by atoms with Gasteiger partial charge in [-0.3, -0.25) is 9.59 Å². The van der Waals surface area contributed by atoms with Crippen LogP contribution in [0.1, 0.15) is 35.7 Å². The predicted molar refractivity (Wildman–Crippen MR) is 107 cm³/mol. The van der Waals surface area contributed by atoms with E-state index >= 15 is 0 Å². The maximum absolute atomic E-state index is 13.2. The molecule has 2 aromatic carbocycles. The van der Waals surface area contributed by atoms with E-state index in [0.29, 0.717) is 34.1 Å². The third-order valence-corrected chi connectivity index (χ3v) is 4.93. The van der Waals surface area contributed by atoms with Crippen molar-refractivity contribution >= 4 is 22.2 Å². The number of fused-ring (bicyclic) bond motifs is 2. The molecule has 0 saturated carbocycles. The summed E-state index contributed by atoms with van der Waals surface area (Å²) in [5.74, 6) is -0.0717. The number of hydrogen-bond donors (Lipinski definition) is 3. The maximum Gasteiger partial charge on any atom is 0.272 e. The van der Waals surface area contributed by atoms with Crippen LogP contribution in [0.4, 0.5) is 5.69 Å². The van der Waals surface area contributed by atoms with E-state index in [4.69, 9.17) is 0 Å². The van der Waals surface area contributed by atoms with Crippen molar-refractivity contribution in [3.8, 4) is 11.3 Å². The van der Waals surface area contributed by atoms with Crippen LogP contribution in [0.15, 0.2) is 41.2 Å². The summed E-state index contributed by atoms with van der Waals surface area (Å²) in [6, 6.07) is 11.0. The quantitative estimate of drug-likeness (QED) is 0.440. The predicted octanol–water partition coefficient (Wildman–Crippen LogP) is 2.94. The fraction of sp³-hybridized carbons (Fsp3) is 0.286. The van der Waals surface area contributed by atoms with Crippen molar-refractivity contribution in [2.45, 2.75) is 19.8 Å². The standard InChI is InChI=1S/C21H22N4O2/c1-2-3-10-22-11-12-23-16-9-8-15-17-18(16)20(26)14-7-5-4-6-13(14)19(17)24-25-21(15)27/h4-9,22-23H,2-3,10-12H2,1H3,(H,25,27). The van der Waals surface area contributed by atoms with Gasteiger partial charge in [0.15, 0.2) is 5.78 Å². The number of nitrogens with one attached hydrogen (secondary N) is 3. The second-order valence-electron chi connectivity index (χ2n) is 6.72. The van der Waals surface area contributed by atoms with E-state index < -0.39 is 0 Å². The van der Waals surface area contributed by atoms with Gasteiger partial charge in [0.1, 0.15) is 5.69 Å². The minimum absolute atomic E-state index is 0.0717. The van der Waals surface area contributed by atoms with Crippen molar-refractivity contribution in [3.05, 3.63) is 57.9 Å². The Labute approximate surface area is 157 Å². The lowest BCUT2D eigenvalue weighted by molar-refractivity contribution is 0.104. The number of nitrogens with zero attached hydrogens (tertiary/aromatic N) is 1. The van der Waals surface area contributed by atoms with E-state index in [2.05, 4.69) is 27.8 Å². The summed E-state index contributed by atoms with van der Waals surface area (Å²) in [6.45, 7) is 4.65. The smallest absolute Gasteiger partial charge is 0.272 e. The largest absolute Gasteiger partial charge is 0.383 e. The van der Waals surface area contributed by atoms with Gasteiger partial charge in [-0.15, -0.1) is 0 Å². The fourth-order valence-electron chi connectivity index (χ4n) is 3.57. The zero-order chi connectivity index (χ0) is 18.8. The summed E-state index contributed by atoms with van der Waals surface area (Å²) >= 11 is 0. The second-order valence-corrected chi connectivity index (χ2v) is 6.72. The van der Waals surface area contributed by atoms with Gasteiger partial charge in [0.05, 0.1) is 10.9 Å². The molecule has 1 aliphatic rings. The highest BCUT2D eigenvalue weighted by atomic mass is 16.1. The van der Waals surface area contributed by atoms with E-state index in [0.717, 1.165) is 37.2 Å². The zero-order valence-electron chi connectivity index (χ0n) is 15.3. The highest BCUT2D eigenvalue weighted by Gasteiger charge is 2.29. The summed E-state index contributed by atoms with van der Waals surface area (Å²) in [7, 11) is 0. The Balaban J connectivity index is 1.76. The molecule has 138 valence electrons. The molecule has 6 heteroatoms. The van der Waals surface area contributed by atoms with Crippen LogP contribution in [0.3, 0.4) is 0 Å². The Hall–Kier alpha value is -2.99. The van der Waals surface area contributed by atoms with Crippen LogP contribution >= 0.6 is 0 Å². The van der Waals surface area contributed by atoms with Gasteiger partial charge < -0.3 is 10.6 Å².